The topological polar surface area (TPSA) is 76.7 Å². The molecule has 1 aliphatic heterocycles. The maximum Gasteiger partial charge on any atom is 0.231 e. The van der Waals surface area contributed by atoms with Crippen LogP contribution in [0.5, 0.6) is 0 Å². The number of nitrogens with one attached hydrogen (secondary N) is 1. The van der Waals surface area contributed by atoms with Gasteiger partial charge >= 0.3 is 0 Å². The van der Waals surface area contributed by atoms with Gasteiger partial charge in [0.25, 0.3) is 0 Å². The summed E-state index contributed by atoms with van der Waals surface area (Å²) in [6.07, 6.45) is 5.61. The molecular formula is C15H15N5O. The Balaban J connectivity index is 1.67. The summed E-state index contributed by atoms with van der Waals surface area (Å²) < 4.78 is 5.43. The Hall–Kier alpha value is -2.34. The van der Waals surface area contributed by atoms with E-state index in [-0.39, 0.29) is 0 Å². The number of nitrogens with zero attached hydrogens (tertiary/aromatic N) is 4. The van der Waals surface area contributed by atoms with Gasteiger partial charge in [-0.2, -0.15) is 4.98 Å². The van der Waals surface area contributed by atoms with Crippen molar-refractivity contribution in [3.8, 4) is 11.4 Å². The molecule has 106 valence electrons. The maximum absolute atomic E-state index is 5.43. The smallest absolute Gasteiger partial charge is 0.231 e. The monoisotopic (exact) mass is 281 g/mol. The molecule has 0 saturated carbocycles. The highest BCUT2D eigenvalue weighted by Crippen LogP contribution is 2.25. The third-order valence-electron chi connectivity index (χ3n) is 3.82. The van der Waals surface area contributed by atoms with Gasteiger partial charge in [-0.15, -0.1) is 0 Å². The fourth-order valence-electron chi connectivity index (χ4n) is 2.68. The Kier molecular flexibility index (Phi) is 3.08. The van der Waals surface area contributed by atoms with Crippen molar-refractivity contribution >= 4 is 11.0 Å². The molecular weight excluding hydrogens is 266 g/mol. The van der Waals surface area contributed by atoms with Crippen LogP contribution >= 0.6 is 0 Å². The predicted octanol–water partition coefficient (Wildman–Crippen LogP) is 2.15. The molecule has 0 amide bonds. The molecule has 6 nitrogen and oxygen atoms in total. The average molecular weight is 281 g/mol. The first kappa shape index (κ1) is 12.4. The molecule has 1 N–H and O–H groups in total. The van der Waals surface area contributed by atoms with Crippen LogP contribution in [0.3, 0.4) is 0 Å². The SMILES string of the molecule is c1cnc2cc(-c3noc([C@H]4CCCNC4)n3)ccc2n1. The summed E-state index contributed by atoms with van der Waals surface area (Å²) in [5.74, 6) is 1.65. The molecule has 2 aromatic heterocycles. The number of hydrogen-bond acceptors (Lipinski definition) is 6. The lowest BCUT2D eigenvalue weighted by atomic mass is 10.00. The molecule has 0 spiro atoms. The van der Waals surface area contributed by atoms with Crippen molar-refractivity contribution in [2.24, 2.45) is 0 Å². The minimum absolute atomic E-state index is 0.320. The van der Waals surface area contributed by atoms with Gasteiger partial charge in [-0.05, 0) is 37.6 Å². The van der Waals surface area contributed by atoms with E-state index < -0.39 is 0 Å². The lowest BCUT2D eigenvalue weighted by molar-refractivity contribution is 0.322. The zero-order chi connectivity index (χ0) is 14.1. The van der Waals surface area contributed by atoms with E-state index in [1.807, 2.05) is 18.2 Å². The van der Waals surface area contributed by atoms with Crippen molar-refractivity contribution in [2.45, 2.75) is 18.8 Å². The fourth-order valence-corrected chi connectivity index (χ4v) is 2.68. The van der Waals surface area contributed by atoms with Gasteiger partial charge < -0.3 is 9.84 Å². The van der Waals surface area contributed by atoms with Gasteiger partial charge in [0.1, 0.15) is 0 Å². The van der Waals surface area contributed by atoms with E-state index >= 15 is 0 Å². The second-order valence-electron chi connectivity index (χ2n) is 5.26. The molecule has 1 aromatic carbocycles. The number of fused-ring (bicyclic) bond motifs is 1. The molecule has 0 aliphatic carbocycles. The quantitative estimate of drug-likeness (QED) is 0.775. The van der Waals surface area contributed by atoms with Gasteiger partial charge in [0.2, 0.25) is 11.7 Å². The summed E-state index contributed by atoms with van der Waals surface area (Å²) in [5.41, 5.74) is 2.60. The lowest BCUT2D eigenvalue weighted by Crippen LogP contribution is -2.28. The van der Waals surface area contributed by atoms with Crippen LogP contribution in [0.2, 0.25) is 0 Å². The minimum Gasteiger partial charge on any atom is -0.339 e. The highest BCUT2D eigenvalue weighted by atomic mass is 16.5. The van der Waals surface area contributed by atoms with Gasteiger partial charge in [-0.3, -0.25) is 9.97 Å². The lowest BCUT2D eigenvalue weighted by Gasteiger charge is -2.18. The van der Waals surface area contributed by atoms with Crippen LogP contribution in [-0.4, -0.2) is 33.2 Å². The predicted molar refractivity (Wildman–Crippen MR) is 77.7 cm³/mol. The second-order valence-corrected chi connectivity index (χ2v) is 5.26. The molecule has 3 aromatic rings. The Bertz CT molecular complexity index is 763. The third-order valence-corrected chi connectivity index (χ3v) is 3.82. The third kappa shape index (κ3) is 2.38. The van der Waals surface area contributed by atoms with Crippen LogP contribution in [-0.2, 0) is 0 Å². The van der Waals surface area contributed by atoms with E-state index in [0.717, 1.165) is 48.4 Å². The van der Waals surface area contributed by atoms with E-state index in [9.17, 15) is 0 Å². The van der Waals surface area contributed by atoms with E-state index in [4.69, 9.17) is 4.52 Å². The summed E-state index contributed by atoms with van der Waals surface area (Å²) in [6, 6.07) is 5.82. The summed E-state index contributed by atoms with van der Waals surface area (Å²) >= 11 is 0. The summed E-state index contributed by atoms with van der Waals surface area (Å²) in [4.78, 5) is 13.1. The van der Waals surface area contributed by atoms with E-state index in [0.29, 0.717) is 11.7 Å². The van der Waals surface area contributed by atoms with E-state index in [1.165, 1.54) is 0 Å². The number of aromatic nitrogens is 4. The summed E-state index contributed by atoms with van der Waals surface area (Å²) in [6.45, 7) is 1.98. The van der Waals surface area contributed by atoms with Crippen molar-refractivity contribution < 1.29 is 4.52 Å². The van der Waals surface area contributed by atoms with Crippen molar-refractivity contribution in [1.82, 2.24) is 25.4 Å². The molecule has 0 unspecified atom stereocenters. The molecule has 3 heterocycles. The van der Waals surface area contributed by atoms with Gasteiger partial charge in [-0.1, -0.05) is 5.16 Å². The van der Waals surface area contributed by atoms with Crippen LogP contribution in [0, 0.1) is 0 Å². The first-order valence-electron chi connectivity index (χ1n) is 7.15. The van der Waals surface area contributed by atoms with Crippen molar-refractivity contribution in [3.05, 3.63) is 36.5 Å². The summed E-state index contributed by atoms with van der Waals surface area (Å²) in [7, 11) is 0. The molecule has 1 saturated heterocycles. The van der Waals surface area contributed by atoms with Crippen molar-refractivity contribution in [2.75, 3.05) is 13.1 Å². The molecule has 1 fully saturated rings. The standard InChI is InChI=1S/C15H15N5O/c1-2-11(9-16-5-1)15-19-14(20-21-15)10-3-4-12-13(8-10)18-7-6-17-12/h3-4,6-8,11,16H,1-2,5,9H2/t11-/m0/s1. The van der Waals surface area contributed by atoms with Gasteiger partial charge in [-0.25, -0.2) is 0 Å². The zero-order valence-electron chi connectivity index (χ0n) is 11.5. The molecule has 1 atom stereocenters. The summed E-state index contributed by atoms with van der Waals surface area (Å²) in [5, 5.41) is 7.47. The average Bonchev–Trinajstić information content (AvgIpc) is 3.05. The van der Waals surface area contributed by atoms with Crippen molar-refractivity contribution in [1.29, 1.82) is 0 Å². The van der Waals surface area contributed by atoms with Crippen molar-refractivity contribution in [3.63, 3.8) is 0 Å². The Labute approximate surface area is 121 Å². The van der Waals surface area contributed by atoms with Crippen LogP contribution in [0.1, 0.15) is 24.7 Å². The minimum atomic E-state index is 0.320. The van der Waals surface area contributed by atoms with Gasteiger partial charge in [0.05, 0.1) is 17.0 Å². The number of rotatable bonds is 2. The molecule has 0 radical (unpaired) electrons. The molecule has 21 heavy (non-hydrogen) atoms. The van der Waals surface area contributed by atoms with Gasteiger partial charge in [0.15, 0.2) is 0 Å². The maximum atomic E-state index is 5.43. The van der Waals surface area contributed by atoms with Crippen LogP contribution in [0.4, 0.5) is 0 Å². The van der Waals surface area contributed by atoms with E-state index in [1.54, 1.807) is 12.4 Å². The normalized spacial score (nSPS) is 19.0. The highest BCUT2D eigenvalue weighted by Gasteiger charge is 2.21. The first-order chi connectivity index (χ1) is 10.4. The molecule has 1 aliphatic rings. The largest absolute Gasteiger partial charge is 0.339 e. The Morgan fingerprint density at radius 3 is 2.90 bits per heavy atom. The molecule has 6 heteroatoms. The van der Waals surface area contributed by atoms with Crippen LogP contribution in [0.15, 0.2) is 35.1 Å². The second kappa shape index (κ2) is 5.21. The number of hydrogen-bond donors (Lipinski definition) is 1. The Morgan fingerprint density at radius 1 is 1.14 bits per heavy atom. The number of benzene rings is 1. The van der Waals surface area contributed by atoms with Crippen LogP contribution < -0.4 is 5.32 Å². The highest BCUT2D eigenvalue weighted by molar-refractivity contribution is 5.79. The number of piperidine rings is 1. The first-order valence-corrected chi connectivity index (χ1v) is 7.15. The molecule has 4 rings (SSSR count). The zero-order valence-corrected chi connectivity index (χ0v) is 11.5. The molecule has 0 bridgehead atoms. The fraction of sp³-hybridized carbons (Fsp3) is 0.333. The van der Waals surface area contributed by atoms with E-state index in [2.05, 4.69) is 25.4 Å². The van der Waals surface area contributed by atoms with Crippen LogP contribution in [0.25, 0.3) is 22.4 Å². The van der Waals surface area contributed by atoms with Gasteiger partial charge in [0, 0.05) is 24.5 Å². The Morgan fingerprint density at radius 2 is 2.05 bits per heavy atom.